The molecule has 2 aromatic carbocycles. The van der Waals surface area contributed by atoms with E-state index >= 15 is 0 Å². The van der Waals surface area contributed by atoms with Crippen LogP contribution in [0.15, 0.2) is 53.1 Å². The van der Waals surface area contributed by atoms with E-state index in [-0.39, 0.29) is 16.9 Å². The minimum Gasteiger partial charge on any atom is -0.493 e. The second-order valence-corrected chi connectivity index (χ2v) is 6.11. The van der Waals surface area contributed by atoms with Crippen LogP contribution in [0, 0.1) is 0 Å². The Morgan fingerprint density at radius 2 is 1.63 bits per heavy atom. The molecule has 0 saturated carbocycles. The van der Waals surface area contributed by atoms with Gasteiger partial charge in [0.2, 0.25) is 5.75 Å². The number of carboxylic acid groups (broad SMARTS) is 1. The summed E-state index contributed by atoms with van der Waals surface area (Å²) < 4.78 is 26.7. The van der Waals surface area contributed by atoms with Crippen molar-refractivity contribution in [1.82, 2.24) is 0 Å². The van der Waals surface area contributed by atoms with Crippen molar-refractivity contribution in [2.75, 3.05) is 27.9 Å². The summed E-state index contributed by atoms with van der Waals surface area (Å²) in [5.41, 5.74) is 1.05. The average Bonchev–Trinajstić information content (AvgIpc) is 3.30. The van der Waals surface area contributed by atoms with Gasteiger partial charge in [0.15, 0.2) is 23.9 Å². The first kappa shape index (κ1) is 20.8. The van der Waals surface area contributed by atoms with Gasteiger partial charge in [-0.1, -0.05) is 0 Å². The number of carbonyl (C=O) groups is 2. The van der Waals surface area contributed by atoms with Crippen LogP contribution < -0.4 is 18.9 Å². The maximum Gasteiger partial charge on any atom is 0.341 e. The van der Waals surface area contributed by atoms with Crippen molar-refractivity contribution in [2.45, 2.75) is 0 Å². The molecule has 0 saturated heterocycles. The molecule has 3 rings (SSSR count). The third-order valence-corrected chi connectivity index (χ3v) is 4.31. The van der Waals surface area contributed by atoms with Crippen LogP contribution in [0.2, 0.25) is 0 Å². The van der Waals surface area contributed by atoms with Gasteiger partial charge in [0.05, 0.1) is 33.2 Å². The molecule has 0 spiro atoms. The Balaban J connectivity index is 2.11. The standard InChI is InChI=1S/C22H20O8/c1-26-18-10-14(11-19(27-2)22(18)28-3)21(25)15-9-13(16-5-4-8-29-16)6-7-17(15)30-12-20(23)24/h4-11H,12H2,1-3H3,(H,23,24). The Kier molecular flexibility index (Phi) is 6.26. The average molecular weight is 412 g/mol. The summed E-state index contributed by atoms with van der Waals surface area (Å²) >= 11 is 0. The van der Waals surface area contributed by atoms with E-state index < -0.39 is 18.4 Å². The van der Waals surface area contributed by atoms with E-state index in [1.54, 1.807) is 24.3 Å². The topological polar surface area (TPSA) is 104 Å². The fourth-order valence-electron chi connectivity index (χ4n) is 2.94. The van der Waals surface area contributed by atoms with Crippen LogP contribution in [0.5, 0.6) is 23.0 Å². The highest BCUT2D eigenvalue weighted by atomic mass is 16.5. The van der Waals surface area contributed by atoms with Gasteiger partial charge in [0, 0.05) is 11.1 Å². The monoisotopic (exact) mass is 412 g/mol. The third-order valence-electron chi connectivity index (χ3n) is 4.31. The molecule has 8 heteroatoms. The van der Waals surface area contributed by atoms with Crippen LogP contribution in [-0.4, -0.2) is 44.8 Å². The molecule has 0 atom stereocenters. The van der Waals surface area contributed by atoms with Crippen LogP contribution in [0.3, 0.4) is 0 Å². The van der Waals surface area contributed by atoms with Gasteiger partial charge in [0.1, 0.15) is 11.5 Å². The first-order valence-electron chi connectivity index (χ1n) is 8.85. The Hall–Kier alpha value is -3.94. The van der Waals surface area contributed by atoms with Gasteiger partial charge < -0.3 is 28.5 Å². The molecule has 0 fully saturated rings. The van der Waals surface area contributed by atoms with Crippen LogP contribution in [-0.2, 0) is 4.79 Å². The van der Waals surface area contributed by atoms with Crippen molar-refractivity contribution >= 4 is 11.8 Å². The summed E-state index contributed by atoms with van der Waals surface area (Å²) in [4.78, 5) is 24.3. The Morgan fingerprint density at radius 1 is 0.933 bits per heavy atom. The number of carbonyl (C=O) groups excluding carboxylic acids is 1. The molecule has 1 aromatic heterocycles. The molecule has 1 N–H and O–H groups in total. The zero-order valence-electron chi connectivity index (χ0n) is 16.6. The molecule has 0 aliphatic rings. The summed E-state index contributed by atoms with van der Waals surface area (Å²) in [6.07, 6.45) is 1.52. The summed E-state index contributed by atoms with van der Waals surface area (Å²) in [6, 6.07) is 11.3. The van der Waals surface area contributed by atoms with Crippen molar-refractivity contribution < 1.29 is 38.1 Å². The number of rotatable bonds is 9. The highest BCUT2D eigenvalue weighted by Gasteiger charge is 2.22. The molecule has 30 heavy (non-hydrogen) atoms. The lowest BCUT2D eigenvalue weighted by atomic mass is 9.98. The highest BCUT2D eigenvalue weighted by molar-refractivity contribution is 6.12. The smallest absolute Gasteiger partial charge is 0.341 e. The van der Waals surface area contributed by atoms with E-state index in [1.807, 2.05) is 0 Å². The molecule has 0 aliphatic heterocycles. The molecular weight excluding hydrogens is 392 g/mol. The number of furan rings is 1. The van der Waals surface area contributed by atoms with Gasteiger partial charge in [-0.25, -0.2) is 4.79 Å². The van der Waals surface area contributed by atoms with E-state index in [2.05, 4.69) is 0 Å². The first-order chi connectivity index (χ1) is 14.5. The molecule has 0 radical (unpaired) electrons. The van der Waals surface area contributed by atoms with E-state index in [9.17, 15) is 9.59 Å². The number of hydrogen-bond donors (Lipinski definition) is 1. The second-order valence-electron chi connectivity index (χ2n) is 6.11. The van der Waals surface area contributed by atoms with Gasteiger partial charge in [-0.3, -0.25) is 4.79 Å². The highest BCUT2D eigenvalue weighted by Crippen LogP contribution is 2.39. The SMILES string of the molecule is COc1cc(C(=O)c2cc(-c3ccco3)ccc2OCC(=O)O)cc(OC)c1OC. The zero-order valence-corrected chi connectivity index (χ0v) is 16.6. The van der Waals surface area contributed by atoms with E-state index in [4.69, 9.17) is 28.5 Å². The van der Waals surface area contributed by atoms with Gasteiger partial charge in [-0.05, 0) is 42.5 Å². The Morgan fingerprint density at radius 3 is 2.17 bits per heavy atom. The molecule has 0 unspecified atom stereocenters. The fraction of sp³-hybridized carbons (Fsp3) is 0.182. The summed E-state index contributed by atoms with van der Waals surface area (Å²) in [5, 5.41) is 8.95. The fourth-order valence-corrected chi connectivity index (χ4v) is 2.94. The van der Waals surface area contributed by atoms with Crippen molar-refractivity contribution in [3.05, 3.63) is 59.9 Å². The number of benzene rings is 2. The molecule has 0 bridgehead atoms. The summed E-state index contributed by atoms with van der Waals surface area (Å²) in [6.45, 7) is -0.588. The quantitative estimate of drug-likeness (QED) is 0.531. The molecule has 0 amide bonds. The maximum atomic E-state index is 13.4. The van der Waals surface area contributed by atoms with Crippen LogP contribution in [0.4, 0.5) is 0 Å². The Labute approximate surface area is 172 Å². The number of ether oxygens (including phenoxy) is 4. The number of methoxy groups -OCH3 is 3. The Bertz CT molecular complexity index is 1030. The molecule has 0 aliphatic carbocycles. The minimum atomic E-state index is -1.16. The molecular formula is C22H20O8. The first-order valence-corrected chi connectivity index (χ1v) is 8.85. The predicted molar refractivity (Wildman–Crippen MR) is 107 cm³/mol. The van der Waals surface area contributed by atoms with Gasteiger partial charge in [-0.2, -0.15) is 0 Å². The lowest BCUT2D eigenvalue weighted by Gasteiger charge is -2.15. The van der Waals surface area contributed by atoms with Crippen LogP contribution in [0.25, 0.3) is 11.3 Å². The lowest BCUT2D eigenvalue weighted by Crippen LogP contribution is -2.13. The largest absolute Gasteiger partial charge is 0.493 e. The molecule has 156 valence electrons. The van der Waals surface area contributed by atoms with Gasteiger partial charge in [-0.15, -0.1) is 0 Å². The van der Waals surface area contributed by atoms with E-state index in [0.717, 1.165) is 0 Å². The zero-order chi connectivity index (χ0) is 21.7. The summed E-state index contributed by atoms with van der Waals surface area (Å²) in [7, 11) is 4.36. The molecule has 8 nitrogen and oxygen atoms in total. The normalized spacial score (nSPS) is 10.4. The number of hydrogen-bond acceptors (Lipinski definition) is 7. The number of carboxylic acids is 1. The van der Waals surface area contributed by atoms with Gasteiger partial charge >= 0.3 is 5.97 Å². The number of aliphatic carboxylic acids is 1. The molecule has 1 heterocycles. The van der Waals surface area contributed by atoms with Crippen LogP contribution in [0.1, 0.15) is 15.9 Å². The van der Waals surface area contributed by atoms with Crippen molar-refractivity contribution in [1.29, 1.82) is 0 Å². The van der Waals surface area contributed by atoms with Crippen molar-refractivity contribution in [3.8, 4) is 34.3 Å². The van der Waals surface area contributed by atoms with E-state index in [1.165, 1.54) is 45.8 Å². The minimum absolute atomic E-state index is 0.131. The van der Waals surface area contributed by atoms with E-state index in [0.29, 0.717) is 28.6 Å². The van der Waals surface area contributed by atoms with Crippen molar-refractivity contribution in [2.24, 2.45) is 0 Å². The maximum absolute atomic E-state index is 13.4. The predicted octanol–water partition coefficient (Wildman–Crippen LogP) is 3.67. The van der Waals surface area contributed by atoms with Crippen molar-refractivity contribution in [3.63, 3.8) is 0 Å². The lowest BCUT2D eigenvalue weighted by molar-refractivity contribution is -0.139. The molecule has 3 aromatic rings. The third kappa shape index (κ3) is 4.22. The van der Waals surface area contributed by atoms with Gasteiger partial charge in [0.25, 0.3) is 0 Å². The summed E-state index contributed by atoms with van der Waals surface area (Å²) in [5.74, 6) is 0.0959. The van der Waals surface area contributed by atoms with Crippen LogP contribution >= 0.6 is 0 Å². The second kappa shape index (κ2) is 9.04. The number of ketones is 1.